The van der Waals surface area contributed by atoms with Crippen molar-refractivity contribution in [3.05, 3.63) is 29.8 Å². The largest absolute Gasteiger partial charge is 0.465 e. The Kier molecular flexibility index (Phi) is 6.41. The van der Waals surface area contributed by atoms with E-state index in [1.54, 1.807) is 32.2 Å². The molecule has 0 radical (unpaired) electrons. The number of nitriles is 1. The van der Waals surface area contributed by atoms with Crippen LogP contribution in [0, 0.1) is 11.3 Å². The van der Waals surface area contributed by atoms with Gasteiger partial charge in [0.25, 0.3) is 0 Å². The molecule has 0 aromatic heterocycles. The maximum Gasteiger partial charge on any atom is 0.325 e. The highest BCUT2D eigenvalue weighted by Gasteiger charge is 2.12. The van der Waals surface area contributed by atoms with Crippen LogP contribution in [0.5, 0.6) is 0 Å². The number of anilines is 1. The molecule has 1 aromatic rings. The lowest BCUT2D eigenvalue weighted by Crippen LogP contribution is -2.33. The van der Waals surface area contributed by atoms with E-state index in [0.717, 1.165) is 5.69 Å². The summed E-state index contributed by atoms with van der Waals surface area (Å²) in [4.78, 5) is 13.4. The van der Waals surface area contributed by atoms with Crippen molar-refractivity contribution in [3.63, 3.8) is 0 Å². The molecule has 0 spiro atoms. The zero-order valence-electron chi connectivity index (χ0n) is 11.3. The van der Waals surface area contributed by atoms with Crippen LogP contribution < -0.4 is 4.90 Å². The van der Waals surface area contributed by atoms with Gasteiger partial charge in [-0.05, 0) is 25.1 Å². The van der Waals surface area contributed by atoms with Crippen LogP contribution in [0.2, 0.25) is 0 Å². The molecule has 19 heavy (non-hydrogen) atoms. The first-order valence-electron chi connectivity index (χ1n) is 6.11. The number of nitrogens with zero attached hydrogens (tertiary/aromatic N) is 2. The smallest absolute Gasteiger partial charge is 0.325 e. The van der Waals surface area contributed by atoms with Crippen molar-refractivity contribution in [2.24, 2.45) is 0 Å². The van der Waals surface area contributed by atoms with Crippen molar-refractivity contribution < 1.29 is 14.3 Å². The molecule has 0 aliphatic carbocycles. The first-order chi connectivity index (χ1) is 9.21. The van der Waals surface area contributed by atoms with Gasteiger partial charge in [0, 0.05) is 19.3 Å². The van der Waals surface area contributed by atoms with Gasteiger partial charge in [0.1, 0.15) is 6.54 Å². The van der Waals surface area contributed by atoms with Crippen molar-refractivity contribution in [2.75, 3.05) is 38.3 Å². The van der Waals surface area contributed by atoms with E-state index in [0.29, 0.717) is 25.3 Å². The van der Waals surface area contributed by atoms with Gasteiger partial charge < -0.3 is 14.4 Å². The summed E-state index contributed by atoms with van der Waals surface area (Å²) in [6.45, 7) is 3.33. The summed E-state index contributed by atoms with van der Waals surface area (Å²) in [5.74, 6) is -0.291. The molecule has 0 heterocycles. The molecule has 5 heteroatoms. The number of carbonyl (C=O) groups is 1. The minimum atomic E-state index is -0.291. The fourth-order valence-electron chi connectivity index (χ4n) is 1.64. The fraction of sp³-hybridized carbons (Fsp3) is 0.429. The first kappa shape index (κ1) is 15.0. The molecule has 1 aromatic carbocycles. The number of esters is 1. The van der Waals surface area contributed by atoms with E-state index in [9.17, 15) is 4.79 Å². The van der Waals surface area contributed by atoms with Crippen LogP contribution in [0.15, 0.2) is 24.3 Å². The summed E-state index contributed by atoms with van der Waals surface area (Å²) in [5.41, 5.74) is 1.37. The predicted molar refractivity (Wildman–Crippen MR) is 71.9 cm³/mol. The van der Waals surface area contributed by atoms with E-state index in [4.69, 9.17) is 14.7 Å². The number of hydrogen-bond donors (Lipinski definition) is 0. The second-order valence-electron chi connectivity index (χ2n) is 3.88. The van der Waals surface area contributed by atoms with Gasteiger partial charge in [0.2, 0.25) is 0 Å². The van der Waals surface area contributed by atoms with Crippen LogP contribution in [-0.4, -0.2) is 39.4 Å². The Labute approximate surface area is 113 Å². The number of rotatable bonds is 7. The molecular formula is C14H18N2O3. The lowest BCUT2D eigenvalue weighted by Gasteiger charge is -2.23. The SMILES string of the molecule is CCOC(=O)CN(CCOC)c1cccc(C#N)c1. The number of ether oxygens (including phenoxy) is 2. The highest BCUT2D eigenvalue weighted by molar-refractivity contribution is 5.76. The minimum Gasteiger partial charge on any atom is -0.465 e. The van der Waals surface area contributed by atoms with Crippen LogP contribution in [-0.2, 0) is 14.3 Å². The number of benzene rings is 1. The molecule has 0 unspecified atom stereocenters. The van der Waals surface area contributed by atoms with E-state index < -0.39 is 0 Å². The van der Waals surface area contributed by atoms with Gasteiger partial charge in [-0.15, -0.1) is 0 Å². The summed E-state index contributed by atoms with van der Waals surface area (Å²) >= 11 is 0. The highest BCUT2D eigenvalue weighted by Crippen LogP contribution is 2.15. The maximum absolute atomic E-state index is 11.6. The summed E-state index contributed by atoms with van der Waals surface area (Å²) in [6.07, 6.45) is 0. The maximum atomic E-state index is 11.6. The number of hydrogen-bond acceptors (Lipinski definition) is 5. The summed E-state index contributed by atoms with van der Waals surface area (Å²) in [6, 6.07) is 9.20. The molecule has 0 bridgehead atoms. The Morgan fingerprint density at radius 3 is 2.89 bits per heavy atom. The molecule has 0 N–H and O–H groups in total. The molecule has 0 atom stereocenters. The van der Waals surface area contributed by atoms with Gasteiger partial charge >= 0.3 is 5.97 Å². The van der Waals surface area contributed by atoms with E-state index in [1.807, 2.05) is 11.0 Å². The second kappa shape index (κ2) is 8.11. The van der Waals surface area contributed by atoms with Gasteiger partial charge in [0.05, 0.1) is 24.8 Å². The van der Waals surface area contributed by atoms with Gasteiger partial charge in [0.15, 0.2) is 0 Å². The van der Waals surface area contributed by atoms with Crippen LogP contribution in [0.3, 0.4) is 0 Å². The normalized spacial score (nSPS) is 9.74. The molecule has 0 fully saturated rings. The molecule has 102 valence electrons. The van der Waals surface area contributed by atoms with Crippen molar-refractivity contribution in [3.8, 4) is 6.07 Å². The van der Waals surface area contributed by atoms with E-state index in [-0.39, 0.29) is 12.5 Å². The molecule has 5 nitrogen and oxygen atoms in total. The van der Waals surface area contributed by atoms with Gasteiger partial charge in [-0.2, -0.15) is 5.26 Å². The van der Waals surface area contributed by atoms with Crippen LogP contribution in [0.1, 0.15) is 12.5 Å². The second-order valence-corrected chi connectivity index (χ2v) is 3.88. The first-order valence-corrected chi connectivity index (χ1v) is 6.11. The zero-order valence-corrected chi connectivity index (χ0v) is 11.3. The molecular weight excluding hydrogens is 244 g/mol. The third-order valence-electron chi connectivity index (χ3n) is 2.53. The van der Waals surface area contributed by atoms with E-state index >= 15 is 0 Å². The van der Waals surface area contributed by atoms with Gasteiger partial charge in [-0.3, -0.25) is 4.79 Å². The predicted octanol–water partition coefficient (Wildman–Crippen LogP) is 1.57. The lowest BCUT2D eigenvalue weighted by molar-refractivity contribution is -0.141. The Morgan fingerprint density at radius 2 is 2.26 bits per heavy atom. The van der Waals surface area contributed by atoms with Crippen molar-refractivity contribution in [2.45, 2.75) is 6.92 Å². The molecule has 0 amide bonds. The molecule has 0 saturated carbocycles. The van der Waals surface area contributed by atoms with E-state index in [2.05, 4.69) is 6.07 Å². The third-order valence-corrected chi connectivity index (χ3v) is 2.53. The topological polar surface area (TPSA) is 62.6 Å². The van der Waals surface area contributed by atoms with Crippen molar-refractivity contribution >= 4 is 11.7 Å². The Balaban J connectivity index is 2.82. The van der Waals surface area contributed by atoms with Crippen LogP contribution in [0.25, 0.3) is 0 Å². The Hall–Kier alpha value is -2.06. The molecule has 0 saturated heterocycles. The van der Waals surface area contributed by atoms with Crippen LogP contribution >= 0.6 is 0 Å². The van der Waals surface area contributed by atoms with Gasteiger partial charge in [-0.25, -0.2) is 0 Å². The minimum absolute atomic E-state index is 0.145. The third kappa shape index (κ3) is 4.98. The van der Waals surface area contributed by atoms with Crippen LogP contribution in [0.4, 0.5) is 5.69 Å². The van der Waals surface area contributed by atoms with Crippen molar-refractivity contribution in [1.82, 2.24) is 0 Å². The average Bonchev–Trinajstić information content (AvgIpc) is 2.43. The summed E-state index contributed by atoms with van der Waals surface area (Å²) in [5, 5.41) is 8.90. The fourth-order valence-corrected chi connectivity index (χ4v) is 1.64. The number of carbonyl (C=O) groups excluding carboxylic acids is 1. The molecule has 0 aliphatic heterocycles. The molecule has 1 rings (SSSR count). The Bertz CT molecular complexity index is 454. The monoisotopic (exact) mass is 262 g/mol. The standard InChI is InChI=1S/C14H18N2O3/c1-3-19-14(17)11-16(7-8-18-2)13-6-4-5-12(9-13)10-15/h4-6,9H,3,7-8,11H2,1-2H3. The summed E-state index contributed by atoms with van der Waals surface area (Å²) in [7, 11) is 1.61. The van der Waals surface area contributed by atoms with Gasteiger partial charge in [-0.1, -0.05) is 6.07 Å². The highest BCUT2D eigenvalue weighted by atomic mass is 16.5. The number of methoxy groups -OCH3 is 1. The average molecular weight is 262 g/mol. The summed E-state index contributed by atoms with van der Waals surface area (Å²) < 4.78 is 9.98. The van der Waals surface area contributed by atoms with E-state index in [1.165, 1.54) is 0 Å². The quantitative estimate of drug-likeness (QED) is 0.698. The van der Waals surface area contributed by atoms with Crippen molar-refractivity contribution in [1.29, 1.82) is 5.26 Å². The Morgan fingerprint density at radius 1 is 1.47 bits per heavy atom. The lowest BCUT2D eigenvalue weighted by atomic mass is 10.2. The molecule has 0 aliphatic rings. The zero-order chi connectivity index (χ0) is 14.1.